The quantitative estimate of drug-likeness (QED) is 0.0197. The zero-order valence-corrected chi connectivity index (χ0v) is 36.1. The highest BCUT2D eigenvalue weighted by Crippen LogP contribution is 2.43. The molecule has 4 N–H and O–H groups in total. The van der Waals surface area contributed by atoms with Gasteiger partial charge in [0, 0.05) is 12.8 Å². The number of aliphatic hydroxyl groups is 1. The van der Waals surface area contributed by atoms with Crippen LogP contribution < -0.4 is 0 Å². The zero-order valence-electron chi connectivity index (χ0n) is 34.3. The van der Waals surface area contributed by atoms with Crippen LogP contribution in [-0.4, -0.2) is 70.4 Å². The summed E-state index contributed by atoms with van der Waals surface area (Å²) in [6.45, 7) is 1.76. The number of phosphoric ester groups is 2. The number of hydrogen-bond acceptors (Lipinski definition) is 10. The van der Waals surface area contributed by atoms with Crippen LogP contribution in [-0.2, 0) is 41.8 Å². The third-order valence-corrected chi connectivity index (χ3v) is 10.6. The Hall–Kier alpha value is -1.14. The fourth-order valence-electron chi connectivity index (χ4n) is 5.87. The second-order valence-electron chi connectivity index (χ2n) is 14.6. The van der Waals surface area contributed by atoms with Gasteiger partial charge in [0.1, 0.15) is 12.7 Å². The predicted molar refractivity (Wildman–Crippen MR) is 216 cm³/mol. The molecule has 0 aromatic rings. The summed E-state index contributed by atoms with van der Waals surface area (Å²) >= 11 is 0. The monoisotopic (exact) mass is 828 g/mol. The van der Waals surface area contributed by atoms with Crippen molar-refractivity contribution < 1.29 is 61.6 Å². The summed E-state index contributed by atoms with van der Waals surface area (Å²) in [6, 6.07) is 0. The van der Waals surface area contributed by atoms with E-state index in [2.05, 4.69) is 35.0 Å². The minimum absolute atomic E-state index is 0.126. The molecule has 0 radical (unpaired) electrons. The molecule has 13 nitrogen and oxygen atoms in total. The average molecular weight is 829 g/mol. The molecule has 0 saturated heterocycles. The maximum atomic E-state index is 12.6. The van der Waals surface area contributed by atoms with Crippen LogP contribution in [0.3, 0.4) is 0 Å². The van der Waals surface area contributed by atoms with Crippen molar-refractivity contribution in [2.45, 2.75) is 206 Å². The number of aliphatic hydroxyl groups excluding tert-OH is 1. The summed E-state index contributed by atoms with van der Waals surface area (Å²) in [6.07, 6.45) is 32.0. The number of ether oxygens (including phenoxy) is 2. The Morgan fingerprint density at radius 1 is 0.509 bits per heavy atom. The van der Waals surface area contributed by atoms with Gasteiger partial charge in [-0.25, -0.2) is 9.13 Å². The van der Waals surface area contributed by atoms with Crippen LogP contribution >= 0.6 is 15.6 Å². The highest BCUT2D eigenvalue weighted by atomic mass is 31.2. The van der Waals surface area contributed by atoms with Gasteiger partial charge in [0.2, 0.25) is 0 Å². The Bertz CT molecular complexity index is 1040. The van der Waals surface area contributed by atoms with Crippen molar-refractivity contribution in [3.8, 4) is 0 Å². The molecule has 0 amide bonds. The molecule has 0 aliphatic carbocycles. The normalized spacial score (nSPS) is 14.2. The third kappa shape index (κ3) is 40.8. The van der Waals surface area contributed by atoms with Crippen molar-refractivity contribution in [2.24, 2.45) is 0 Å². The molecule has 0 fully saturated rings. The zero-order chi connectivity index (χ0) is 40.9. The lowest BCUT2D eigenvalue weighted by Gasteiger charge is -2.20. The minimum Gasteiger partial charge on any atom is -0.462 e. The Kier molecular flexibility index (Phi) is 36.4. The van der Waals surface area contributed by atoms with Crippen molar-refractivity contribution in [1.82, 2.24) is 0 Å². The van der Waals surface area contributed by atoms with Gasteiger partial charge >= 0.3 is 27.6 Å². The highest BCUT2D eigenvalue weighted by molar-refractivity contribution is 7.47. The lowest BCUT2D eigenvalue weighted by molar-refractivity contribution is -0.161. The van der Waals surface area contributed by atoms with E-state index in [0.29, 0.717) is 12.8 Å². The Morgan fingerprint density at radius 3 is 1.35 bits per heavy atom. The molecule has 55 heavy (non-hydrogen) atoms. The van der Waals surface area contributed by atoms with E-state index in [1.807, 2.05) is 0 Å². The van der Waals surface area contributed by atoms with Gasteiger partial charge in [-0.15, -0.1) is 0 Å². The summed E-state index contributed by atoms with van der Waals surface area (Å²) in [5.74, 6) is -1.03. The van der Waals surface area contributed by atoms with E-state index in [4.69, 9.17) is 23.8 Å². The molecule has 0 spiro atoms. The number of allylic oxidation sites excluding steroid dienone is 2. The SMILES string of the molecule is CCCCCCCCC=CCCCCCCCC(=O)OC(COC(=O)CCCCCCCCCCCCCCC)COP(=O)(O)OCC(O)COP(=O)(O)O. The molecule has 0 bridgehead atoms. The number of hydrogen-bond donors (Lipinski definition) is 4. The van der Waals surface area contributed by atoms with Crippen molar-refractivity contribution in [2.75, 3.05) is 26.4 Å². The smallest absolute Gasteiger partial charge is 0.462 e. The molecule has 0 rings (SSSR count). The van der Waals surface area contributed by atoms with Crippen LogP contribution in [0.5, 0.6) is 0 Å². The maximum Gasteiger partial charge on any atom is 0.472 e. The van der Waals surface area contributed by atoms with E-state index in [-0.39, 0.29) is 19.4 Å². The molecule has 3 atom stereocenters. The molecule has 0 aliphatic heterocycles. The number of unbranched alkanes of at least 4 members (excludes halogenated alkanes) is 23. The van der Waals surface area contributed by atoms with Crippen LogP contribution in [0.25, 0.3) is 0 Å². The van der Waals surface area contributed by atoms with Crippen LogP contribution in [0.4, 0.5) is 0 Å². The average Bonchev–Trinajstić information content (AvgIpc) is 3.14. The molecule has 0 saturated carbocycles. The van der Waals surface area contributed by atoms with Gasteiger partial charge in [-0.1, -0.05) is 154 Å². The standard InChI is InChI=1S/C40H78O13P2/c1-3-5-7-9-11-13-15-17-18-20-22-24-26-28-30-32-40(43)53-38(36-52-55(47,48)51-34-37(41)33-50-54(44,45)46)35-49-39(42)31-29-27-25-23-21-19-16-14-12-10-8-6-4-2/h17-18,37-38,41H,3-16,19-36H2,1-2H3,(H,47,48)(H2,44,45,46). The van der Waals surface area contributed by atoms with Gasteiger partial charge in [-0.3, -0.25) is 23.2 Å². The molecule has 0 heterocycles. The van der Waals surface area contributed by atoms with Gasteiger partial charge in [-0.05, 0) is 38.5 Å². The van der Waals surface area contributed by atoms with Gasteiger partial charge in [0.25, 0.3) is 0 Å². The van der Waals surface area contributed by atoms with Crippen molar-refractivity contribution in [1.29, 1.82) is 0 Å². The van der Waals surface area contributed by atoms with E-state index in [0.717, 1.165) is 57.8 Å². The number of rotatable bonds is 41. The van der Waals surface area contributed by atoms with Gasteiger partial charge in [0.05, 0.1) is 19.8 Å². The lowest BCUT2D eigenvalue weighted by Crippen LogP contribution is -2.30. The third-order valence-electron chi connectivity index (χ3n) is 9.14. The van der Waals surface area contributed by atoms with Gasteiger partial charge < -0.3 is 29.3 Å². The summed E-state index contributed by atoms with van der Waals surface area (Å²) in [4.78, 5) is 52.6. The molecule has 0 aromatic carbocycles. The van der Waals surface area contributed by atoms with E-state index in [1.165, 1.54) is 96.3 Å². The molecule has 0 aromatic heterocycles. The number of carbonyl (C=O) groups excluding carboxylic acids is 2. The summed E-state index contributed by atoms with van der Waals surface area (Å²) in [5, 5.41) is 9.73. The maximum absolute atomic E-state index is 12.6. The van der Waals surface area contributed by atoms with Crippen LogP contribution in [0.1, 0.15) is 194 Å². The first-order valence-corrected chi connectivity index (χ1v) is 24.4. The van der Waals surface area contributed by atoms with Crippen LogP contribution in [0, 0.1) is 0 Å². The second-order valence-corrected chi connectivity index (χ2v) is 17.3. The minimum atomic E-state index is -4.86. The van der Waals surface area contributed by atoms with E-state index < -0.39 is 59.6 Å². The van der Waals surface area contributed by atoms with Crippen molar-refractivity contribution in [3.63, 3.8) is 0 Å². The number of carbonyl (C=O) groups is 2. The van der Waals surface area contributed by atoms with Crippen molar-refractivity contribution in [3.05, 3.63) is 12.2 Å². The first-order chi connectivity index (χ1) is 26.4. The fourth-order valence-corrected chi connectivity index (χ4v) is 7.03. The van der Waals surface area contributed by atoms with Crippen molar-refractivity contribution >= 4 is 27.6 Å². The van der Waals surface area contributed by atoms with E-state index in [9.17, 15) is 28.7 Å². The first-order valence-electron chi connectivity index (χ1n) is 21.4. The fraction of sp³-hybridized carbons (Fsp3) is 0.900. The summed E-state index contributed by atoms with van der Waals surface area (Å²) < 4.78 is 47.7. The van der Waals surface area contributed by atoms with Crippen LogP contribution in [0.15, 0.2) is 12.2 Å². The molecular formula is C40H78O13P2. The Labute approximate surface area is 332 Å². The van der Waals surface area contributed by atoms with Gasteiger partial charge in [0.15, 0.2) is 6.10 Å². The second kappa shape index (κ2) is 37.2. The Balaban J connectivity index is 4.52. The van der Waals surface area contributed by atoms with Crippen LogP contribution in [0.2, 0.25) is 0 Å². The number of phosphoric acid groups is 2. The molecule has 3 unspecified atom stereocenters. The predicted octanol–water partition coefficient (Wildman–Crippen LogP) is 10.6. The first kappa shape index (κ1) is 53.9. The molecule has 0 aliphatic rings. The summed E-state index contributed by atoms with van der Waals surface area (Å²) in [5.41, 5.74) is 0. The van der Waals surface area contributed by atoms with Gasteiger partial charge in [-0.2, -0.15) is 0 Å². The van der Waals surface area contributed by atoms with E-state index >= 15 is 0 Å². The molecule has 15 heteroatoms. The topological polar surface area (TPSA) is 195 Å². The Morgan fingerprint density at radius 2 is 0.891 bits per heavy atom. The highest BCUT2D eigenvalue weighted by Gasteiger charge is 2.28. The van der Waals surface area contributed by atoms with E-state index in [1.54, 1.807) is 0 Å². The number of esters is 2. The lowest BCUT2D eigenvalue weighted by atomic mass is 10.0. The summed E-state index contributed by atoms with van der Waals surface area (Å²) in [7, 11) is -9.66. The molecule has 326 valence electrons. The molecular weight excluding hydrogens is 750 g/mol. The largest absolute Gasteiger partial charge is 0.472 e.